The number of furan rings is 1. The highest BCUT2D eigenvalue weighted by Gasteiger charge is 2.30. The molecule has 0 saturated carbocycles. The average molecular weight is 907 g/mol. The molecule has 2 aliphatic rings. The lowest BCUT2D eigenvalue weighted by Crippen LogP contribution is -2.47. The molecule has 346 valence electrons. The molecule has 0 radical (unpaired) electrons. The number of piperidine rings is 1. The van der Waals surface area contributed by atoms with Crippen molar-refractivity contribution >= 4 is 33.7 Å². The van der Waals surface area contributed by atoms with Gasteiger partial charge in [0, 0.05) is 67.5 Å². The first-order valence-corrected chi connectivity index (χ1v) is 24.0. The molecule has 6 aromatic carbocycles. The summed E-state index contributed by atoms with van der Waals surface area (Å²) in [6.45, 7) is 10.6. The van der Waals surface area contributed by atoms with Gasteiger partial charge in [-0.3, -0.25) is 19.8 Å². The second kappa shape index (κ2) is 20.8. The van der Waals surface area contributed by atoms with Crippen LogP contribution in [0.4, 0.5) is 0 Å². The monoisotopic (exact) mass is 906 g/mol. The fraction of sp³-hybridized carbons (Fsp3) is 0.276. The van der Waals surface area contributed by atoms with Crippen LogP contribution in [0.2, 0.25) is 0 Å². The van der Waals surface area contributed by atoms with Crippen molar-refractivity contribution in [2.24, 2.45) is 0 Å². The molecular formula is C58H58N4O6. The van der Waals surface area contributed by atoms with E-state index in [1.165, 1.54) is 27.8 Å². The minimum atomic E-state index is -0.350. The van der Waals surface area contributed by atoms with Crippen molar-refractivity contribution < 1.29 is 28.2 Å². The van der Waals surface area contributed by atoms with Crippen molar-refractivity contribution in [2.75, 3.05) is 45.9 Å². The first kappa shape index (κ1) is 44.7. The number of amides is 2. The zero-order valence-electron chi connectivity index (χ0n) is 38.7. The lowest BCUT2D eigenvalue weighted by Gasteiger charge is -2.34. The highest BCUT2D eigenvalue weighted by atomic mass is 16.5. The van der Waals surface area contributed by atoms with Gasteiger partial charge in [-0.05, 0) is 133 Å². The predicted octanol–water partition coefficient (Wildman–Crippen LogP) is 10.7. The van der Waals surface area contributed by atoms with Crippen LogP contribution in [0, 0.1) is 6.92 Å². The summed E-state index contributed by atoms with van der Waals surface area (Å²) in [6, 6.07) is 50.3. The Balaban J connectivity index is 0.728. The van der Waals surface area contributed by atoms with Gasteiger partial charge in [0.15, 0.2) is 0 Å². The van der Waals surface area contributed by atoms with E-state index in [0.29, 0.717) is 39.2 Å². The molecule has 8 aromatic rings. The summed E-state index contributed by atoms with van der Waals surface area (Å²) in [5.41, 5.74) is 11.0. The maximum atomic E-state index is 12.6. The van der Waals surface area contributed by atoms with E-state index < -0.39 is 0 Å². The Bertz CT molecular complexity index is 2970. The number of fused-ring (bicyclic) bond motifs is 2. The van der Waals surface area contributed by atoms with E-state index in [1.807, 2.05) is 42.5 Å². The Hall–Kier alpha value is -7.14. The van der Waals surface area contributed by atoms with Crippen molar-refractivity contribution in [1.29, 1.82) is 0 Å². The van der Waals surface area contributed by atoms with Gasteiger partial charge >= 0.3 is 0 Å². The molecule has 2 aromatic heterocycles. The number of hydrogen-bond donors (Lipinski definition) is 1. The molecule has 68 heavy (non-hydrogen) atoms. The lowest BCUT2D eigenvalue weighted by atomic mass is 9.90. The van der Waals surface area contributed by atoms with Crippen LogP contribution in [0.25, 0.3) is 33.1 Å². The summed E-state index contributed by atoms with van der Waals surface area (Å²) in [7, 11) is 0. The second-order valence-corrected chi connectivity index (χ2v) is 18.1. The molecule has 4 heterocycles. The fourth-order valence-electron chi connectivity index (χ4n) is 9.74. The zero-order chi connectivity index (χ0) is 46.2. The van der Waals surface area contributed by atoms with Crippen LogP contribution in [0.15, 0.2) is 156 Å². The quantitative estimate of drug-likeness (QED) is 0.0850. The minimum absolute atomic E-state index is 0.204. The third kappa shape index (κ3) is 10.5. The number of rotatable bonds is 18. The number of carbonyl (C=O) groups is 2. The summed E-state index contributed by atoms with van der Waals surface area (Å²) < 4.78 is 27.0. The van der Waals surface area contributed by atoms with Crippen LogP contribution >= 0.6 is 0 Å². The van der Waals surface area contributed by atoms with E-state index in [4.69, 9.17) is 18.6 Å². The van der Waals surface area contributed by atoms with Gasteiger partial charge < -0.3 is 28.1 Å². The number of nitrogens with zero attached hydrogens (tertiary/aromatic N) is 3. The summed E-state index contributed by atoms with van der Waals surface area (Å²) in [5, 5.41) is 4.62. The number of piperazine rings is 1. The normalized spacial score (nSPS) is 15.8. The minimum Gasteiger partial charge on any atom is -0.492 e. The number of hydrogen-bond acceptors (Lipinski definition) is 8. The van der Waals surface area contributed by atoms with Crippen molar-refractivity contribution in [1.82, 2.24) is 19.7 Å². The molecule has 2 saturated heterocycles. The molecule has 1 atom stereocenters. The maximum Gasteiger partial charge on any atom is 0.234 e. The first-order chi connectivity index (χ1) is 33.4. The molecular weight excluding hydrogens is 849 g/mol. The molecule has 10 rings (SSSR count). The highest BCUT2D eigenvalue weighted by molar-refractivity contribution is 6.02. The van der Waals surface area contributed by atoms with Crippen LogP contribution < -0.4 is 19.5 Å². The second-order valence-electron chi connectivity index (χ2n) is 18.1. The highest BCUT2D eigenvalue weighted by Crippen LogP contribution is 2.37. The van der Waals surface area contributed by atoms with Gasteiger partial charge in [-0.25, -0.2) is 0 Å². The van der Waals surface area contributed by atoms with Gasteiger partial charge in [-0.1, -0.05) is 78.9 Å². The molecule has 10 heteroatoms. The van der Waals surface area contributed by atoms with Crippen molar-refractivity contribution in [3.63, 3.8) is 0 Å². The molecule has 1 unspecified atom stereocenters. The molecule has 0 bridgehead atoms. The predicted molar refractivity (Wildman–Crippen MR) is 267 cm³/mol. The number of aromatic nitrogens is 1. The van der Waals surface area contributed by atoms with Gasteiger partial charge in [0.25, 0.3) is 0 Å². The lowest BCUT2D eigenvalue weighted by molar-refractivity contribution is -0.134. The third-order valence-electron chi connectivity index (χ3n) is 13.5. The van der Waals surface area contributed by atoms with Gasteiger partial charge in [0.1, 0.15) is 42.7 Å². The smallest absolute Gasteiger partial charge is 0.234 e. The van der Waals surface area contributed by atoms with Crippen molar-refractivity contribution in [3.8, 4) is 28.5 Å². The van der Waals surface area contributed by atoms with Crippen LogP contribution in [0.1, 0.15) is 58.6 Å². The Kier molecular flexibility index (Phi) is 13.7. The first-order valence-electron chi connectivity index (χ1n) is 24.0. The van der Waals surface area contributed by atoms with Crippen molar-refractivity contribution in [2.45, 2.75) is 58.3 Å². The van der Waals surface area contributed by atoms with Crippen molar-refractivity contribution in [3.05, 3.63) is 185 Å². The van der Waals surface area contributed by atoms with Gasteiger partial charge in [-0.15, -0.1) is 0 Å². The number of carbonyl (C=O) groups excluding carboxylic acids is 2. The van der Waals surface area contributed by atoms with Gasteiger partial charge in [0.05, 0.1) is 17.9 Å². The third-order valence-corrected chi connectivity index (χ3v) is 13.5. The Morgan fingerprint density at radius 1 is 0.632 bits per heavy atom. The Morgan fingerprint density at radius 2 is 1.26 bits per heavy atom. The molecule has 0 aliphatic carbocycles. The largest absolute Gasteiger partial charge is 0.492 e. The van der Waals surface area contributed by atoms with Gasteiger partial charge in [-0.2, -0.15) is 0 Å². The summed E-state index contributed by atoms with van der Waals surface area (Å²) in [5.74, 6) is 1.78. The van der Waals surface area contributed by atoms with E-state index in [9.17, 15) is 9.59 Å². The van der Waals surface area contributed by atoms with Crippen LogP contribution in [-0.2, 0) is 35.8 Å². The molecule has 2 fully saturated rings. The van der Waals surface area contributed by atoms with E-state index in [2.05, 4.69) is 130 Å². The molecule has 2 aliphatic heterocycles. The summed E-state index contributed by atoms with van der Waals surface area (Å²) in [4.78, 5) is 29.3. The molecule has 10 nitrogen and oxygen atoms in total. The number of ether oxygens (including phenoxy) is 3. The zero-order valence-corrected chi connectivity index (χ0v) is 38.7. The number of imide groups is 1. The number of aryl methyl sites for hydroxylation is 2. The number of benzene rings is 6. The fourth-order valence-corrected chi connectivity index (χ4v) is 9.74. The van der Waals surface area contributed by atoms with Crippen LogP contribution in [0.5, 0.6) is 17.2 Å². The van der Waals surface area contributed by atoms with Gasteiger partial charge in [0.2, 0.25) is 11.8 Å². The van der Waals surface area contributed by atoms with E-state index in [1.54, 1.807) is 6.26 Å². The van der Waals surface area contributed by atoms with Crippen LogP contribution in [-0.4, -0.2) is 72.1 Å². The molecule has 0 spiro atoms. The topological polar surface area (TPSA) is 98.4 Å². The average Bonchev–Trinajstić information content (AvgIpc) is 3.91. The summed E-state index contributed by atoms with van der Waals surface area (Å²) >= 11 is 0. The molecule has 2 amide bonds. The van der Waals surface area contributed by atoms with Crippen LogP contribution in [0.3, 0.4) is 0 Å². The Morgan fingerprint density at radius 3 is 1.97 bits per heavy atom. The Labute approximate surface area is 398 Å². The van der Waals surface area contributed by atoms with E-state index in [0.717, 1.165) is 108 Å². The standard InChI is InChI=1S/C58H58N4O6/c1-41-51-36-49(67-39-45-11-6-3-7-12-45)23-25-54(51)62(57(41)46-17-21-48(22-18-46)66-38-44-9-4-2-5-10-44)37-43-14-19-47(20-15-43)65-34-33-61-31-29-60(30-32-61)28-8-13-42-16-26-55-52(35-42)53(40-68-55)50-24-27-56(63)59-58(50)64/h2-7,9-12,14-23,25-26,35-36,40,50H,8,13,24,27-34,37-39H2,1H3,(H,59,63,64). The SMILES string of the molecule is Cc1c(-c2ccc(OCc3ccccc3)cc2)n(Cc2ccc(OCCN3CCN(CCCc4ccc5occ(C6CCC(=O)NC6=O)c5c4)CC3)cc2)c2ccc(OCc3ccccc3)cc12. The van der Waals surface area contributed by atoms with E-state index in [-0.39, 0.29) is 17.7 Å². The number of nitrogens with one attached hydrogen (secondary N) is 1. The summed E-state index contributed by atoms with van der Waals surface area (Å²) in [6.07, 6.45) is 4.56. The van der Waals surface area contributed by atoms with E-state index >= 15 is 0 Å². The maximum absolute atomic E-state index is 12.6. The molecule has 1 N–H and O–H groups in total.